The van der Waals surface area contributed by atoms with Gasteiger partial charge in [0, 0.05) is 37.7 Å². The average Bonchev–Trinajstić information content (AvgIpc) is 3.15. The van der Waals surface area contributed by atoms with E-state index in [-0.39, 0.29) is 17.7 Å². The highest BCUT2D eigenvalue weighted by Crippen LogP contribution is 2.32. The first-order chi connectivity index (χ1) is 14.3. The summed E-state index contributed by atoms with van der Waals surface area (Å²) in [6.07, 6.45) is 2.59. The van der Waals surface area contributed by atoms with E-state index < -0.39 is 10.0 Å². The van der Waals surface area contributed by atoms with Crippen molar-refractivity contribution in [2.24, 2.45) is 0 Å². The number of ether oxygens (including phenoxy) is 1. The zero-order chi connectivity index (χ0) is 21.5. The highest BCUT2D eigenvalue weighted by Gasteiger charge is 2.37. The molecule has 30 heavy (non-hydrogen) atoms. The van der Waals surface area contributed by atoms with Crippen LogP contribution in [0.2, 0.25) is 0 Å². The summed E-state index contributed by atoms with van der Waals surface area (Å²) in [6, 6.07) is 5.43. The summed E-state index contributed by atoms with van der Waals surface area (Å²) in [5, 5.41) is 4.12. The number of aryl methyl sites for hydroxylation is 1. The van der Waals surface area contributed by atoms with Gasteiger partial charge in [-0.1, -0.05) is 5.16 Å². The van der Waals surface area contributed by atoms with Crippen LogP contribution in [0.3, 0.4) is 0 Å². The number of carbonyl (C=O) groups excluding carboxylic acids is 1. The Balaban J connectivity index is 1.34. The van der Waals surface area contributed by atoms with E-state index >= 15 is 0 Å². The van der Waals surface area contributed by atoms with E-state index in [4.69, 9.17) is 9.26 Å². The normalized spacial score (nSPS) is 19.0. The first-order valence-electron chi connectivity index (χ1n) is 9.99. The van der Waals surface area contributed by atoms with Crippen LogP contribution >= 0.6 is 0 Å². The number of amides is 1. The Morgan fingerprint density at radius 2 is 1.90 bits per heavy atom. The van der Waals surface area contributed by atoms with Gasteiger partial charge in [0.25, 0.3) is 5.91 Å². The Hall–Kier alpha value is -2.46. The van der Waals surface area contributed by atoms with E-state index in [9.17, 15) is 13.2 Å². The van der Waals surface area contributed by atoms with Crippen molar-refractivity contribution in [2.75, 3.05) is 39.5 Å². The molecule has 1 aromatic carbocycles. The van der Waals surface area contributed by atoms with Crippen molar-refractivity contribution in [3.8, 4) is 5.75 Å². The number of likely N-dealkylation sites (tertiary alicyclic amines) is 1. The fourth-order valence-electron chi connectivity index (χ4n) is 4.00. The molecule has 2 aliphatic rings. The Morgan fingerprint density at radius 3 is 2.50 bits per heavy atom. The third-order valence-electron chi connectivity index (χ3n) is 5.93. The molecule has 2 fully saturated rings. The van der Waals surface area contributed by atoms with Crippen LogP contribution in [-0.4, -0.2) is 73.2 Å². The number of hydrogen-bond donors (Lipinski definition) is 0. The standard InChI is InChI=1S/C20H26N4O5S/c1-13-10-16(28-2)4-5-17(13)20(25)23-11-15(12-23)19-21-18(22-29-19)14-6-8-24(9-7-14)30(3,26)27/h4-5,10,14-15H,6-9,11-12H2,1-3H3. The Labute approximate surface area is 176 Å². The molecule has 2 aromatic rings. The van der Waals surface area contributed by atoms with Gasteiger partial charge in [-0.3, -0.25) is 4.79 Å². The number of methoxy groups -OCH3 is 1. The van der Waals surface area contributed by atoms with Gasteiger partial charge < -0.3 is 14.2 Å². The molecule has 0 bridgehead atoms. The number of sulfonamides is 1. The van der Waals surface area contributed by atoms with Crippen molar-refractivity contribution < 1.29 is 22.5 Å². The topological polar surface area (TPSA) is 106 Å². The molecule has 0 N–H and O–H groups in total. The SMILES string of the molecule is COc1ccc(C(=O)N2CC(c3nc(C4CCN(S(C)(=O)=O)CC4)no3)C2)c(C)c1. The van der Waals surface area contributed by atoms with E-state index in [1.165, 1.54) is 10.6 Å². The monoisotopic (exact) mass is 434 g/mol. The minimum absolute atomic E-state index is 0.0145. The van der Waals surface area contributed by atoms with Gasteiger partial charge in [-0.2, -0.15) is 4.98 Å². The van der Waals surface area contributed by atoms with Crippen LogP contribution in [0.15, 0.2) is 22.7 Å². The predicted octanol–water partition coefficient (Wildman–Crippen LogP) is 1.77. The van der Waals surface area contributed by atoms with Crippen LogP contribution in [-0.2, 0) is 10.0 Å². The minimum Gasteiger partial charge on any atom is -0.497 e. The van der Waals surface area contributed by atoms with Gasteiger partial charge in [-0.25, -0.2) is 12.7 Å². The molecule has 9 nitrogen and oxygen atoms in total. The molecule has 0 aliphatic carbocycles. The molecule has 0 unspecified atom stereocenters. The van der Waals surface area contributed by atoms with E-state index in [0.717, 1.165) is 11.3 Å². The van der Waals surface area contributed by atoms with Crippen LogP contribution in [0.4, 0.5) is 0 Å². The summed E-state index contributed by atoms with van der Waals surface area (Å²) >= 11 is 0. The lowest BCUT2D eigenvalue weighted by Gasteiger charge is -2.37. The molecule has 0 radical (unpaired) electrons. The largest absolute Gasteiger partial charge is 0.497 e. The summed E-state index contributed by atoms with van der Waals surface area (Å²) in [6.45, 7) is 3.92. The van der Waals surface area contributed by atoms with Crippen LogP contribution < -0.4 is 4.74 Å². The summed E-state index contributed by atoms with van der Waals surface area (Å²) in [5.74, 6) is 2.02. The van der Waals surface area contributed by atoms with Crippen LogP contribution in [0.5, 0.6) is 5.75 Å². The van der Waals surface area contributed by atoms with Crippen molar-refractivity contribution in [3.05, 3.63) is 41.0 Å². The lowest BCUT2D eigenvalue weighted by Crippen LogP contribution is -2.48. The first kappa shape index (κ1) is 20.8. The van der Waals surface area contributed by atoms with Gasteiger partial charge in [-0.05, 0) is 43.5 Å². The summed E-state index contributed by atoms with van der Waals surface area (Å²) in [4.78, 5) is 19.1. The Kier molecular flexibility index (Phi) is 5.54. The summed E-state index contributed by atoms with van der Waals surface area (Å²) < 4.78 is 35.4. The van der Waals surface area contributed by atoms with E-state index in [1.807, 2.05) is 13.0 Å². The number of nitrogens with zero attached hydrogens (tertiary/aromatic N) is 4. The van der Waals surface area contributed by atoms with Gasteiger partial charge >= 0.3 is 0 Å². The fourth-order valence-corrected chi connectivity index (χ4v) is 4.87. The maximum atomic E-state index is 12.8. The van der Waals surface area contributed by atoms with E-state index in [1.54, 1.807) is 24.1 Å². The van der Waals surface area contributed by atoms with Gasteiger partial charge in [0.2, 0.25) is 15.9 Å². The lowest BCUT2D eigenvalue weighted by atomic mass is 9.96. The van der Waals surface area contributed by atoms with Crippen molar-refractivity contribution >= 4 is 15.9 Å². The molecule has 1 aromatic heterocycles. The predicted molar refractivity (Wildman–Crippen MR) is 109 cm³/mol. The quantitative estimate of drug-likeness (QED) is 0.706. The maximum Gasteiger partial charge on any atom is 0.254 e. The Bertz CT molecular complexity index is 1040. The fraction of sp³-hybridized carbons (Fsp3) is 0.550. The van der Waals surface area contributed by atoms with E-state index in [2.05, 4.69) is 10.1 Å². The highest BCUT2D eigenvalue weighted by molar-refractivity contribution is 7.88. The molecule has 1 amide bonds. The van der Waals surface area contributed by atoms with Crippen molar-refractivity contribution in [1.82, 2.24) is 19.3 Å². The number of hydrogen-bond acceptors (Lipinski definition) is 7. The zero-order valence-corrected chi connectivity index (χ0v) is 18.2. The minimum atomic E-state index is -3.15. The summed E-state index contributed by atoms with van der Waals surface area (Å²) in [7, 11) is -1.55. The average molecular weight is 435 g/mol. The highest BCUT2D eigenvalue weighted by atomic mass is 32.2. The molecule has 4 rings (SSSR count). The third kappa shape index (κ3) is 4.06. The van der Waals surface area contributed by atoms with Gasteiger partial charge in [-0.15, -0.1) is 0 Å². The number of carbonyl (C=O) groups is 1. The molecule has 2 saturated heterocycles. The van der Waals surface area contributed by atoms with Crippen molar-refractivity contribution in [3.63, 3.8) is 0 Å². The molecule has 0 saturated carbocycles. The molecule has 10 heteroatoms. The number of aromatic nitrogens is 2. The number of rotatable bonds is 5. The first-order valence-corrected chi connectivity index (χ1v) is 11.8. The summed E-state index contributed by atoms with van der Waals surface area (Å²) in [5.41, 5.74) is 1.54. The van der Waals surface area contributed by atoms with Gasteiger partial charge in [0.1, 0.15) is 5.75 Å². The Morgan fingerprint density at radius 1 is 1.20 bits per heavy atom. The zero-order valence-electron chi connectivity index (χ0n) is 17.4. The second-order valence-corrected chi connectivity index (χ2v) is 10.00. The lowest BCUT2D eigenvalue weighted by molar-refractivity contribution is 0.0568. The van der Waals surface area contributed by atoms with Crippen LogP contribution in [0.1, 0.15) is 52.3 Å². The molecular weight excluding hydrogens is 408 g/mol. The molecule has 2 aliphatic heterocycles. The molecule has 0 atom stereocenters. The molecular formula is C20H26N4O5S. The number of benzene rings is 1. The van der Waals surface area contributed by atoms with Crippen LogP contribution in [0, 0.1) is 6.92 Å². The second kappa shape index (κ2) is 7.99. The molecule has 3 heterocycles. The van der Waals surface area contributed by atoms with Gasteiger partial charge in [0.15, 0.2) is 5.82 Å². The van der Waals surface area contributed by atoms with Crippen molar-refractivity contribution in [1.29, 1.82) is 0 Å². The number of piperidine rings is 1. The molecule has 162 valence electrons. The molecule has 0 spiro atoms. The third-order valence-corrected chi connectivity index (χ3v) is 7.23. The van der Waals surface area contributed by atoms with Gasteiger partial charge in [0.05, 0.1) is 19.3 Å². The van der Waals surface area contributed by atoms with E-state index in [0.29, 0.717) is 56.3 Å². The maximum absolute atomic E-state index is 12.8. The van der Waals surface area contributed by atoms with Crippen molar-refractivity contribution in [2.45, 2.75) is 31.6 Å². The smallest absolute Gasteiger partial charge is 0.254 e. The van der Waals surface area contributed by atoms with Crippen LogP contribution in [0.25, 0.3) is 0 Å². The second-order valence-electron chi connectivity index (χ2n) is 8.02.